The molecule has 1 unspecified atom stereocenters. The minimum atomic E-state index is 0.356. The van der Waals surface area contributed by atoms with Gasteiger partial charge in [0.05, 0.1) is 0 Å². The second-order valence-electron chi connectivity index (χ2n) is 5.43. The van der Waals surface area contributed by atoms with E-state index in [0.29, 0.717) is 23.2 Å². The number of nitrogens with zero attached hydrogens (tertiary/aromatic N) is 3. The van der Waals surface area contributed by atoms with Gasteiger partial charge in [0, 0.05) is 11.8 Å². The van der Waals surface area contributed by atoms with Crippen LogP contribution < -0.4 is 5.73 Å². The van der Waals surface area contributed by atoms with Gasteiger partial charge >= 0.3 is 0 Å². The number of rotatable bonds is 2. The number of aromatic nitrogens is 3. The first-order valence-electron chi connectivity index (χ1n) is 5.57. The topological polar surface area (TPSA) is 64.7 Å². The van der Waals surface area contributed by atoms with Crippen molar-refractivity contribution in [1.82, 2.24) is 15.0 Å². The summed E-state index contributed by atoms with van der Waals surface area (Å²) in [4.78, 5) is 13.0. The fourth-order valence-corrected chi connectivity index (χ4v) is 2.01. The maximum Gasteiger partial charge on any atom is 0.223 e. The quantitative estimate of drug-likeness (QED) is 0.798. The van der Waals surface area contributed by atoms with Gasteiger partial charge in [-0.2, -0.15) is 9.97 Å². The van der Waals surface area contributed by atoms with Crippen molar-refractivity contribution in [3.05, 3.63) is 11.6 Å². The molecule has 1 aromatic heterocycles. The summed E-state index contributed by atoms with van der Waals surface area (Å²) in [6.45, 7) is 4.49. The van der Waals surface area contributed by atoms with Crippen LogP contribution in [0.4, 0.5) is 5.95 Å². The molecule has 3 rings (SSSR count). The van der Waals surface area contributed by atoms with Crippen molar-refractivity contribution in [3.8, 4) is 0 Å². The molecule has 0 aromatic carbocycles. The van der Waals surface area contributed by atoms with Gasteiger partial charge in [-0.3, -0.25) is 0 Å². The summed E-state index contributed by atoms with van der Waals surface area (Å²) in [7, 11) is 0. The minimum absolute atomic E-state index is 0.356. The molecule has 0 aliphatic heterocycles. The first-order chi connectivity index (χ1) is 7.06. The molecule has 15 heavy (non-hydrogen) atoms. The summed E-state index contributed by atoms with van der Waals surface area (Å²) in [6.07, 6.45) is 3.58. The van der Waals surface area contributed by atoms with Crippen LogP contribution in [0.3, 0.4) is 0 Å². The minimum Gasteiger partial charge on any atom is -0.368 e. The van der Waals surface area contributed by atoms with Crippen molar-refractivity contribution in [2.75, 3.05) is 5.73 Å². The Morgan fingerprint density at radius 1 is 1.13 bits per heavy atom. The lowest BCUT2D eigenvalue weighted by Crippen LogP contribution is -2.07. The lowest BCUT2D eigenvalue weighted by atomic mass is 10.1. The van der Waals surface area contributed by atoms with Crippen molar-refractivity contribution in [2.24, 2.45) is 5.41 Å². The fourth-order valence-electron chi connectivity index (χ4n) is 2.01. The highest BCUT2D eigenvalue weighted by molar-refractivity contribution is 5.25. The summed E-state index contributed by atoms with van der Waals surface area (Å²) in [5.74, 6) is 3.26. The molecule has 0 saturated heterocycles. The SMILES string of the molecule is CC1(C)CC1c1nc(N)nc(C2CC2)n1. The van der Waals surface area contributed by atoms with Crippen LogP contribution in [0, 0.1) is 5.41 Å². The average molecular weight is 204 g/mol. The van der Waals surface area contributed by atoms with Crippen LogP contribution in [0.25, 0.3) is 0 Å². The number of nitrogen functional groups attached to an aromatic ring is 1. The molecule has 0 spiro atoms. The van der Waals surface area contributed by atoms with E-state index in [9.17, 15) is 0 Å². The standard InChI is InChI=1S/C11H16N4/c1-11(2)5-7(11)9-13-8(6-3-4-6)14-10(12)15-9/h6-7H,3-5H2,1-2H3,(H2,12,13,14,15). The molecule has 0 bridgehead atoms. The Morgan fingerprint density at radius 3 is 2.27 bits per heavy atom. The van der Waals surface area contributed by atoms with Gasteiger partial charge in [-0.15, -0.1) is 0 Å². The molecule has 1 atom stereocenters. The molecule has 4 heteroatoms. The van der Waals surface area contributed by atoms with Crippen molar-refractivity contribution >= 4 is 5.95 Å². The van der Waals surface area contributed by atoms with E-state index in [4.69, 9.17) is 5.73 Å². The van der Waals surface area contributed by atoms with Gasteiger partial charge in [0.25, 0.3) is 0 Å². The van der Waals surface area contributed by atoms with Crippen LogP contribution in [0.15, 0.2) is 0 Å². The number of hydrogen-bond acceptors (Lipinski definition) is 4. The van der Waals surface area contributed by atoms with Gasteiger partial charge in [-0.05, 0) is 24.7 Å². The van der Waals surface area contributed by atoms with Crippen molar-refractivity contribution in [2.45, 2.75) is 44.9 Å². The predicted molar refractivity (Wildman–Crippen MR) is 57.4 cm³/mol. The van der Waals surface area contributed by atoms with Crippen LogP contribution in [-0.2, 0) is 0 Å². The van der Waals surface area contributed by atoms with Gasteiger partial charge in [-0.1, -0.05) is 13.8 Å². The predicted octanol–water partition coefficient (Wildman–Crippen LogP) is 1.84. The normalized spacial score (nSPS) is 27.7. The maximum atomic E-state index is 5.72. The Bertz CT molecular complexity index is 409. The molecule has 0 radical (unpaired) electrons. The summed E-state index contributed by atoms with van der Waals surface area (Å²) < 4.78 is 0. The van der Waals surface area contributed by atoms with Gasteiger partial charge in [-0.25, -0.2) is 4.98 Å². The third-order valence-electron chi connectivity index (χ3n) is 3.45. The van der Waals surface area contributed by atoms with Crippen molar-refractivity contribution in [1.29, 1.82) is 0 Å². The van der Waals surface area contributed by atoms with E-state index in [1.54, 1.807) is 0 Å². The van der Waals surface area contributed by atoms with Gasteiger partial charge in [0.2, 0.25) is 5.95 Å². The van der Waals surface area contributed by atoms with Crippen LogP contribution in [0.5, 0.6) is 0 Å². The van der Waals surface area contributed by atoms with Crippen LogP contribution in [0.2, 0.25) is 0 Å². The summed E-state index contributed by atoms with van der Waals surface area (Å²) in [6, 6.07) is 0. The summed E-state index contributed by atoms with van der Waals surface area (Å²) in [5, 5.41) is 0. The van der Waals surface area contributed by atoms with Crippen LogP contribution in [0.1, 0.15) is 56.6 Å². The average Bonchev–Trinajstić information content (AvgIpc) is 2.99. The number of anilines is 1. The monoisotopic (exact) mass is 204 g/mol. The van der Waals surface area contributed by atoms with E-state index in [1.165, 1.54) is 19.3 Å². The Balaban J connectivity index is 1.94. The first kappa shape index (κ1) is 9.07. The van der Waals surface area contributed by atoms with Gasteiger partial charge in [0.15, 0.2) is 0 Å². The Hall–Kier alpha value is -1.19. The lowest BCUT2D eigenvalue weighted by molar-refractivity contribution is 0.604. The number of nitrogens with two attached hydrogens (primary N) is 1. The molecule has 2 aliphatic carbocycles. The van der Waals surface area contributed by atoms with E-state index >= 15 is 0 Å². The van der Waals surface area contributed by atoms with Crippen LogP contribution in [-0.4, -0.2) is 15.0 Å². The van der Waals surface area contributed by atoms with Crippen LogP contribution >= 0.6 is 0 Å². The van der Waals surface area contributed by atoms with E-state index in [2.05, 4.69) is 28.8 Å². The number of hydrogen-bond donors (Lipinski definition) is 1. The molecule has 1 heterocycles. The summed E-state index contributed by atoms with van der Waals surface area (Å²) >= 11 is 0. The molecule has 2 saturated carbocycles. The molecule has 2 N–H and O–H groups in total. The zero-order valence-corrected chi connectivity index (χ0v) is 9.20. The first-order valence-corrected chi connectivity index (χ1v) is 5.57. The lowest BCUT2D eigenvalue weighted by Gasteiger charge is -2.05. The zero-order chi connectivity index (χ0) is 10.6. The highest BCUT2D eigenvalue weighted by Crippen LogP contribution is 2.57. The summed E-state index contributed by atoms with van der Waals surface area (Å²) in [5.41, 5.74) is 6.07. The second-order valence-corrected chi connectivity index (χ2v) is 5.43. The molecular weight excluding hydrogens is 188 g/mol. The maximum absolute atomic E-state index is 5.72. The molecule has 1 aromatic rings. The molecule has 80 valence electrons. The largest absolute Gasteiger partial charge is 0.368 e. The Kier molecular flexibility index (Phi) is 1.62. The molecule has 2 aliphatic rings. The molecule has 2 fully saturated rings. The van der Waals surface area contributed by atoms with E-state index in [-0.39, 0.29) is 0 Å². The van der Waals surface area contributed by atoms with Crippen molar-refractivity contribution in [3.63, 3.8) is 0 Å². The van der Waals surface area contributed by atoms with E-state index in [0.717, 1.165) is 11.6 Å². The molecular formula is C11H16N4. The van der Waals surface area contributed by atoms with Gasteiger partial charge in [0.1, 0.15) is 11.6 Å². The van der Waals surface area contributed by atoms with E-state index in [1.807, 2.05) is 0 Å². The second kappa shape index (κ2) is 2.68. The highest BCUT2D eigenvalue weighted by atomic mass is 15.1. The zero-order valence-electron chi connectivity index (χ0n) is 9.20. The smallest absolute Gasteiger partial charge is 0.223 e. The van der Waals surface area contributed by atoms with Crippen molar-refractivity contribution < 1.29 is 0 Å². The Morgan fingerprint density at radius 2 is 1.73 bits per heavy atom. The highest BCUT2D eigenvalue weighted by Gasteiger charge is 2.49. The third kappa shape index (κ3) is 1.58. The van der Waals surface area contributed by atoms with Gasteiger partial charge < -0.3 is 5.73 Å². The fraction of sp³-hybridized carbons (Fsp3) is 0.727. The Labute approximate surface area is 89.3 Å². The third-order valence-corrected chi connectivity index (χ3v) is 3.45. The molecule has 0 amide bonds. The van der Waals surface area contributed by atoms with E-state index < -0.39 is 0 Å². The molecule has 4 nitrogen and oxygen atoms in total.